The van der Waals surface area contributed by atoms with Crippen LogP contribution in [0, 0.1) is 0 Å². The number of hydrogen-bond acceptors (Lipinski definition) is 3. The molecule has 0 bridgehead atoms. The fourth-order valence-corrected chi connectivity index (χ4v) is 1.71. The van der Waals surface area contributed by atoms with Crippen molar-refractivity contribution in [2.75, 3.05) is 7.05 Å². The number of carbonyl (C=O) groups is 2. The minimum atomic E-state index is -1.05. The van der Waals surface area contributed by atoms with Crippen LogP contribution in [0.25, 0.3) is 0 Å². The second kappa shape index (κ2) is 7.99. The normalized spacial score (nSPS) is 11.4. The van der Waals surface area contributed by atoms with Gasteiger partial charge in [-0.1, -0.05) is 36.4 Å². The largest absolute Gasteiger partial charge is 0.480 e. The molecule has 1 aromatic rings. The Morgan fingerprint density at radius 2 is 2.05 bits per heavy atom. The molecule has 0 aliphatic heterocycles. The van der Waals surface area contributed by atoms with Gasteiger partial charge in [0.05, 0.1) is 0 Å². The van der Waals surface area contributed by atoms with E-state index in [9.17, 15) is 9.59 Å². The van der Waals surface area contributed by atoms with Crippen LogP contribution in [0.5, 0.6) is 0 Å². The van der Waals surface area contributed by atoms with Gasteiger partial charge in [-0.3, -0.25) is 4.90 Å². The number of ether oxygens (including phenoxy) is 1. The SMILES string of the molecule is C=CCC[C@@H](C(=O)O)N(C)C(=O)OCc1ccccc1. The lowest BCUT2D eigenvalue weighted by Crippen LogP contribution is -2.42. The second-order valence-electron chi connectivity index (χ2n) is 4.37. The van der Waals surface area contributed by atoms with Crippen molar-refractivity contribution in [1.82, 2.24) is 4.90 Å². The van der Waals surface area contributed by atoms with Crippen LogP contribution in [0.4, 0.5) is 4.79 Å². The van der Waals surface area contributed by atoms with E-state index in [-0.39, 0.29) is 6.61 Å². The average molecular weight is 277 g/mol. The number of aliphatic carboxylic acids is 1. The molecule has 0 saturated carbocycles. The molecular formula is C15H19NO4. The van der Waals surface area contributed by atoms with Crippen molar-refractivity contribution in [1.29, 1.82) is 0 Å². The van der Waals surface area contributed by atoms with Gasteiger partial charge in [-0.25, -0.2) is 9.59 Å². The first kappa shape index (κ1) is 15.8. The van der Waals surface area contributed by atoms with E-state index in [0.717, 1.165) is 10.5 Å². The molecule has 1 rings (SSSR count). The third-order valence-electron chi connectivity index (χ3n) is 2.89. The summed E-state index contributed by atoms with van der Waals surface area (Å²) in [5.41, 5.74) is 0.854. The van der Waals surface area contributed by atoms with Crippen LogP contribution in [-0.4, -0.2) is 35.2 Å². The Morgan fingerprint density at radius 1 is 1.40 bits per heavy atom. The predicted octanol–water partition coefficient (Wildman–Crippen LogP) is 2.67. The number of likely N-dealkylation sites (N-methyl/N-ethyl adjacent to an activating group) is 1. The zero-order valence-corrected chi connectivity index (χ0v) is 11.5. The molecule has 0 aliphatic rings. The van der Waals surface area contributed by atoms with E-state index in [1.54, 1.807) is 6.08 Å². The third kappa shape index (κ3) is 4.76. The summed E-state index contributed by atoms with van der Waals surface area (Å²) in [5, 5.41) is 9.12. The van der Waals surface area contributed by atoms with Crippen molar-refractivity contribution in [2.45, 2.75) is 25.5 Å². The molecule has 1 atom stereocenters. The summed E-state index contributed by atoms with van der Waals surface area (Å²) < 4.78 is 5.10. The molecule has 0 aromatic heterocycles. The van der Waals surface area contributed by atoms with E-state index >= 15 is 0 Å². The zero-order valence-electron chi connectivity index (χ0n) is 11.5. The number of amides is 1. The second-order valence-corrected chi connectivity index (χ2v) is 4.37. The maximum Gasteiger partial charge on any atom is 0.410 e. The minimum Gasteiger partial charge on any atom is -0.480 e. The zero-order chi connectivity index (χ0) is 15.0. The average Bonchev–Trinajstić information content (AvgIpc) is 2.45. The van der Waals surface area contributed by atoms with Gasteiger partial charge in [-0.05, 0) is 18.4 Å². The Balaban J connectivity index is 2.55. The van der Waals surface area contributed by atoms with Crippen molar-refractivity contribution in [2.24, 2.45) is 0 Å². The minimum absolute atomic E-state index is 0.123. The van der Waals surface area contributed by atoms with Gasteiger partial charge in [0.15, 0.2) is 0 Å². The van der Waals surface area contributed by atoms with Crippen molar-refractivity contribution >= 4 is 12.1 Å². The highest BCUT2D eigenvalue weighted by molar-refractivity contribution is 5.79. The maximum absolute atomic E-state index is 11.8. The lowest BCUT2D eigenvalue weighted by Gasteiger charge is -2.23. The summed E-state index contributed by atoms with van der Waals surface area (Å²) in [4.78, 5) is 24.1. The molecule has 1 aromatic carbocycles. The summed E-state index contributed by atoms with van der Waals surface area (Å²) >= 11 is 0. The fourth-order valence-electron chi connectivity index (χ4n) is 1.71. The van der Waals surface area contributed by atoms with E-state index in [2.05, 4.69) is 6.58 Å². The molecule has 20 heavy (non-hydrogen) atoms. The van der Waals surface area contributed by atoms with Crippen LogP contribution in [0.15, 0.2) is 43.0 Å². The third-order valence-corrected chi connectivity index (χ3v) is 2.89. The lowest BCUT2D eigenvalue weighted by atomic mass is 10.1. The van der Waals surface area contributed by atoms with E-state index < -0.39 is 18.1 Å². The smallest absolute Gasteiger partial charge is 0.410 e. The first-order valence-corrected chi connectivity index (χ1v) is 6.33. The number of allylic oxidation sites excluding steroid dienone is 1. The summed E-state index contributed by atoms with van der Waals surface area (Å²) in [6.45, 7) is 3.67. The first-order valence-electron chi connectivity index (χ1n) is 6.33. The van der Waals surface area contributed by atoms with Gasteiger partial charge in [0.1, 0.15) is 12.6 Å². The van der Waals surface area contributed by atoms with Crippen LogP contribution in [0.3, 0.4) is 0 Å². The first-order chi connectivity index (χ1) is 9.56. The van der Waals surface area contributed by atoms with Crippen molar-refractivity contribution in [3.8, 4) is 0 Å². The molecule has 1 amide bonds. The van der Waals surface area contributed by atoms with Crippen molar-refractivity contribution in [3.05, 3.63) is 48.6 Å². The van der Waals surface area contributed by atoms with Crippen LogP contribution in [0.1, 0.15) is 18.4 Å². The van der Waals surface area contributed by atoms with Gasteiger partial charge in [0.25, 0.3) is 0 Å². The molecule has 0 unspecified atom stereocenters. The van der Waals surface area contributed by atoms with Gasteiger partial charge >= 0.3 is 12.1 Å². The number of rotatable bonds is 7. The Morgan fingerprint density at radius 3 is 2.60 bits per heavy atom. The monoisotopic (exact) mass is 277 g/mol. The maximum atomic E-state index is 11.8. The summed E-state index contributed by atoms with van der Waals surface area (Å²) in [6, 6.07) is 8.32. The van der Waals surface area contributed by atoms with Gasteiger partial charge in [-0.15, -0.1) is 6.58 Å². The Bertz CT molecular complexity index is 458. The van der Waals surface area contributed by atoms with Crippen molar-refractivity contribution < 1.29 is 19.4 Å². The molecule has 0 aliphatic carbocycles. The van der Waals surface area contributed by atoms with Crippen molar-refractivity contribution in [3.63, 3.8) is 0 Å². The molecule has 1 N–H and O–H groups in total. The van der Waals surface area contributed by atoms with Gasteiger partial charge in [0, 0.05) is 7.05 Å². The summed E-state index contributed by atoms with van der Waals surface area (Å²) in [7, 11) is 1.43. The standard InChI is InChI=1S/C15H19NO4/c1-3-4-10-13(14(17)18)16(2)15(19)20-11-12-8-6-5-7-9-12/h3,5-9,13H,1,4,10-11H2,2H3,(H,17,18)/t13-/m0/s1. The Kier molecular flexibility index (Phi) is 6.29. The summed E-state index contributed by atoms with van der Waals surface area (Å²) in [5.74, 6) is -1.05. The molecule has 108 valence electrons. The van der Waals surface area contributed by atoms with Gasteiger partial charge in [0.2, 0.25) is 0 Å². The highest BCUT2D eigenvalue weighted by Gasteiger charge is 2.26. The van der Waals surface area contributed by atoms with E-state index in [1.165, 1.54) is 7.05 Å². The van der Waals surface area contributed by atoms with Crippen LogP contribution < -0.4 is 0 Å². The number of hydrogen-bond donors (Lipinski definition) is 1. The number of carboxylic acids is 1. The van der Waals surface area contributed by atoms with Gasteiger partial charge in [-0.2, -0.15) is 0 Å². The van der Waals surface area contributed by atoms with E-state index in [1.807, 2.05) is 30.3 Å². The Labute approximate surface area is 118 Å². The van der Waals surface area contributed by atoms with Crippen LogP contribution in [-0.2, 0) is 16.1 Å². The molecule has 5 nitrogen and oxygen atoms in total. The molecule has 0 saturated heterocycles. The molecule has 0 radical (unpaired) electrons. The molecular weight excluding hydrogens is 258 g/mol. The predicted molar refractivity (Wildman–Crippen MR) is 75.2 cm³/mol. The fraction of sp³-hybridized carbons (Fsp3) is 0.333. The lowest BCUT2D eigenvalue weighted by molar-refractivity contribution is -0.142. The molecule has 5 heteroatoms. The molecule has 0 heterocycles. The van der Waals surface area contributed by atoms with Crippen LogP contribution >= 0.6 is 0 Å². The summed E-state index contributed by atoms with van der Waals surface area (Å²) in [6.07, 6.45) is 1.81. The topological polar surface area (TPSA) is 66.8 Å². The number of carbonyl (C=O) groups excluding carboxylic acids is 1. The molecule has 0 fully saturated rings. The number of nitrogens with zero attached hydrogens (tertiary/aromatic N) is 1. The quantitative estimate of drug-likeness (QED) is 0.778. The highest BCUT2D eigenvalue weighted by Crippen LogP contribution is 2.09. The molecule has 0 spiro atoms. The number of carboxylic acid groups (broad SMARTS) is 1. The van der Waals surface area contributed by atoms with Gasteiger partial charge < -0.3 is 9.84 Å². The van der Waals surface area contributed by atoms with Crippen LogP contribution in [0.2, 0.25) is 0 Å². The highest BCUT2D eigenvalue weighted by atomic mass is 16.6. The van der Waals surface area contributed by atoms with E-state index in [0.29, 0.717) is 12.8 Å². The number of benzene rings is 1. The Hall–Kier alpha value is -2.30. The van der Waals surface area contributed by atoms with E-state index in [4.69, 9.17) is 9.84 Å².